The Labute approximate surface area is 178 Å². The molecule has 0 bridgehead atoms. The number of nitrogens with zero attached hydrogens (tertiary/aromatic N) is 5. The smallest absolute Gasteiger partial charge is 0.231 e. The zero-order valence-electron chi connectivity index (χ0n) is 16.8. The molecule has 5 rings (SSSR count). The van der Waals surface area contributed by atoms with Crippen molar-refractivity contribution in [3.05, 3.63) is 79.3 Å². The standard InChI is InChI=1S/C23H19N7O/c1-30-13-16(27-14-30)12-20(31)29-19-11-15(7-10-25-19)22-21(17-5-2-3-8-24-17)23-18(28-22)6-4-9-26-23/h2-11,13-14,28H,12H2,1H3,(H,25,29,31). The number of hydrogen-bond acceptors (Lipinski definition) is 5. The molecule has 8 nitrogen and oxygen atoms in total. The van der Waals surface area contributed by atoms with Gasteiger partial charge in [0.1, 0.15) is 5.82 Å². The van der Waals surface area contributed by atoms with Gasteiger partial charge in [0.05, 0.1) is 46.4 Å². The first kappa shape index (κ1) is 18.7. The summed E-state index contributed by atoms with van der Waals surface area (Å²) in [4.78, 5) is 33.5. The van der Waals surface area contributed by atoms with Crippen molar-refractivity contribution in [1.29, 1.82) is 0 Å². The van der Waals surface area contributed by atoms with Crippen LogP contribution < -0.4 is 5.32 Å². The summed E-state index contributed by atoms with van der Waals surface area (Å²) in [7, 11) is 1.87. The Kier molecular flexibility index (Phi) is 4.72. The summed E-state index contributed by atoms with van der Waals surface area (Å²) in [6.07, 6.45) is 8.87. The van der Waals surface area contributed by atoms with Gasteiger partial charge in [0.15, 0.2) is 0 Å². The average molecular weight is 409 g/mol. The molecule has 0 fully saturated rings. The van der Waals surface area contributed by atoms with Crippen molar-refractivity contribution < 1.29 is 4.79 Å². The SMILES string of the molecule is Cn1cnc(CC(=O)Nc2cc(-c3[nH]c4cccnc4c3-c3ccccn3)ccn2)c1. The number of H-pyrrole nitrogens is 1. The van der Waals surface area contributed by atoms with Gasteiger partial charge in [-0.25, -0.2) is 9.97 Å². The van der Waals surface area contributed by atoms with Crippen LogP contribution in [0, 0.1) is 0 Å². The Bertz CT molecular complexity index is 1370. The number of aryl methyl sites for hydroxylation is 1. The van der Waals surface area contributed by atoms with Crippen molar-refractivity contribution in [2.75, 3.05) is 5.32 Å². The van der Waals surface area contributed by atoms with Crippen LogP contribution in [0.5, 0.6) is 0 Å². The summed E-state index contributed by atoms with van der Waals surface area (Å²) >= 11 is 0. The lowest BCUT2D eigenvalue weighted by atomic mass is 10.0. The van der Waals surface area contributed by atoms with Crippen LogP contribution in [-0.2, 0) is 18.3 Å². The maximum absolute atomic E-state index is 12.4. The zero-order chi connectivity index (χ0) is 21.2. The summed E-state index contributed by atoms with van der Waals surface area (Å²) in [5, 5.41) is 2.86. The second kappa shape index (κ2) is 7.83. The second-order valence-corrected chi connectivity index (χ2v) is 7.17. The average Bonchev–Trinajstić information content (AvgIpc) is 3.37. The number of carbonyl (C=O) groups is 1. The second-order valence-electron chi connectivity index (χ2n) is 7.17. The topological polar surface area (TPSA) is 101 Å². The molecule has 31 heavy (non-hydrogen) atoms. The van der Waals surface area contributed by atoms with Gasteiger partial charge in [-0.3, -0.25) is 14.8 Å². The van der Waals surface area contributed by atoms with Crippen LogP contribution >= 0.6 is 0 Å². The molecule has 0 saturated carbocycles. The van der Waals surface area contributed by atoms with Crippen molar-refractivity contribution in [2.45, 2.75) is 6.42 Å². The van der Waals surface area contributed by atoms with Gasteiger partial charge in [0.2, 0.25) is 5.91 Å². The lowest BCUT2D eigenvalue weighted by Crippen LogP contribution is -2.15. The molecule has 5 heterocycles. The van der Waals surface area contributed by atoms with Crippen LogP contribution in [0.15, 0.2) is 73.6 Å². The van der Waals surface area contributed by atoms with E-state index in [1.807, 2.05) is 60.3 Å². The van der Waals surface area contributed by atoms with E-state index in [0.717, 1.165) is 33.5 Å². The van der Waals surface area contributed by atoms with Crippen molar-refractivity contribution in [3.8, 4) is 22.5 Å². The number of aromatic nitrogens is 6. The molecule has 0 atom stereocenters. The van der Waals surface area contributed by atoms with E-state index in [9.17, 15) is 4.79 Å². The molecule has 8 heteroatoms. The van der Waals surface area contributed by atoms with Gasteiger partial charge in [0.25, 0.3) is 0 Å². The Morgan fingerprint density at radius 3 is 2.74 bits per heavy atom. The Balaban J connectivity index is 1.50. The van der Waals surface area contributed by atoms with E-state index in [0.29, 0.717) is 11.5 Å². The van der Waals surface area contributed by atoms with Gasteiger partial charge in [-0.1, -0.05) is 6.07 Å². The first-order chi connectivity index (χ1) is 15.2. The van der Waals surface area contributed by atoms with Crippen molar-refractivity contribution >= 4 is 22.8 Å². The van der Waals surface area contributed by atoms with Gasteiger partial charge in [-0.05, 0) is 36.4 Å². The number of aromatic amines is 1. The van der Waals surface area contributed by atoms with Crippen molar-refractivity contribution in [1.82, 2.24) is 29.5 Å². The molecule has 152 valence electrons. The highest BCUT2D eigenvalue weighted by Crippen LogP contribution is 2.36. The third kappa shape index (κ3) is 3.78. The molecule has 0 aliphatic carbocycles. The summed E-state index contributed by atoms with van der Waals surface area (Å²) in [6, 6.07) is 13.4. The normalized spacial score (nSPS) is 11.0. The molecule has 0 saturated heterocycles. The molecular weight excluding hydrogens is 390 g/mol. The lowest BCUT2D eigenvalue weighted by Gasteiger charge is -2.07. The van der Waals surface area contributed by atoms with E-state index in [4.69, 9.17) is 0 Å². The fourth-order valence-electron chi connectivity index (χ4n) is 3.56. The monoisotopic (exact) mass is 409 g/mol. The van der Waals surface area contributed by atoms with Crippen LogP contribution in [-0.4, -0.2) is 35.4 Å². The third-order valence-corrected chi connectivity index (χ3v) is 4.89. The fourth-order valence-corrected chi connectivity index (χ4v) is 3.56. The zero-order valence-corrected chi connectivity index (χ0v) is 16.8. The predicted molar refractivity (Wildman–Crippen MR) is 118 cm³/mol. The number of pyridine rings is 3. The predicted octanol–water partition coefficient (Wildman–Crippen LogP) is 3.60. The van der Waals surface area contributed by atoms with E-state index in [1.54, 1.807) is 24.9 Å². The summed E-state index contributed by atoms with van der Waals surface area (Å²) in [5.74, 6) is 0.295. The van der Waals surface area contributed by atoms with Gasteiger partial charge < -0.3 is 14.9 Å². The maximum atomic E-state index is 12.4. The van der Waals surface area contributed by atoms with Crippen molar-refractivity contribution in [2.24, 2.45) is 7.05 Å². The van der Waals surface area contributed by atoms with Crippen LogP contribution in [0.25, 0.3) is 33.5 Å². The fraction of sp³-hybridized carbons (Fsp3) is 0.0870. The number of amides is 1. The molecule has 5 aromatic heterocycles. The van der Waals surface area contributed by atoms with Gasteiger partial charge in [-0.15, -0.1) is 0 Å². The molecule has 0 aliphatic heterocycles. The Morgan fingerprint density at radius 2 is 1.94 bits per heavy atom. The maximum Gasteiger partial charge on any atom is 0.231 e. The number of carbonyl (C=O) groups excluding carboxylic acids is 1. The summed E-state index contributed by atoms with van der Waals surface area (Å²) in [5.41, 5.74) is 5.93. The number of fused-ring (bicyclic) bond motifs is 1. The number of anilines is 1. The first-order valence-corrected chi connectivity index (χ1v) is 9.78. The first-order valence-electron chi connectivity index (χ1n) is 9.78. The molecule has 0 radical (unpaired) electrons. The van der Waals surface area contributed by atoms with Crippen LogP contribution in [0.4, 0.5) is 5.82 Å². The minimum absolute atomic E-state index is 0.174. The number of rotatable bonds is 5. The lowest BCUT2D eigenvalue weighted by molar-refractivity contribution is -0.115. The molecule has 1 amide bonds. The minimum Gasteiger partial charge on any atom is -0.353 e. The van der Waals surface area contributed by atoms with E-state index >= 15 is 0 Å². The number of nitrogens with one attached hydrogen (secondary N) is 2. The largest absolute Gasteiger partial charge is 0.353 e. The van der Waals surface area contributed by atoms with Crippen LogP contribution in [0.1, 0.15) is 5.69 Å². The van der Waals surface area contributed by atoms with E-state index in [-0.39, 0.29) is 12.3 Å². The Hall–Kier alpha value is -4.33. The van der Waals surface area contributed by atoms with Crippen LogP contribution in [0.2, 0.25) is 0 Å². The molecule has 0 aromatic carbocycles. The number of imidazole rings is 1. The molecule has 0 spiro atoms. The Morgan fingerprint density at radius 1 is 1.03 bits per heavy atom. The molecule has 0 unspecified atom stereocenters. The highest BCUT2D eigenvalue weighted by Gasteiger charge is 2.17. The van der Waals surface area contributed by atoms with Gasteiger partial charge >= 0.3 is 0 Å². The molecular formula is C23H19N7O. The van der Waals surface area contributed by atoms with Crippen molar-refractivity contribution in [3.63, 3.8) is 0 Å². The molecule has 5 aromatic rings. The van der Waals surface area contributed by atoms with E-state index in [1.165, 1.54) is 0 Å². The highest BCUT2D eigenvalue weighted by atomic mass is 16.1. The minimum atomic E-state index is -0.174. The number of hydrogen-bond donors (Lipinski definition) is 2. The summed E-state index contributed by atoms with van der Waals surface area (Å²) in [6.45, 7) is 0. The van der Waals surface area contributed by atoms with E-state index < -0.39 is 0 Å². The summed E-state index contributed by atoms with van der Waals surface area (Å²) < 4.78 is 1.81. The van der Waals surface area contributed by atoms with E-state index in [2.05, 4.69) is 30.2 Å². The molecule has 0 aliphatic rings. The quantitative estimate of drug-likeness (QED) is 0.462. The third-order valence-electron chi connectivity index (χ3n) is 4.89. The van der Waals surface area contributed by atoms with Crippen LogP contribution in [0.3, 0.4) is 0 Å². The molecule has 2 N–H and O–H groups in total. The highest BCUT2D eigenvalue weighted by molar-refractivity contribution is 6.01. The van der Waals surface area contributed by atoms with Gasteiger partial charge in [-0.2, -0.15) is 0 Å². The van der Waals surface area contributed by atoms with Gasteiger partial charge in [0, 0.05) is 37.4 Å².